The number of halogens is 1. The van der Waals surface area contributed by atoms with Gasteiger partial charge in [-0.2, -0.15) is 0 Å². The molecule has 3 N–H and O–H groups in total. The van der Waals surface area contributed by atoms with Gasteiger partial charge in [0, 0.05) is 17.2 Å². The lowest BCUT2D eigenvalue weighted by Crippen LogP contribution is -2.34. The van der Waals surface area contributed by atoms with Crippen LogP contribution >= 0.6 is 0 Å². The second kappa shape index (κ2) is 5.22. The van der Waals surface area contributed by atoms with Gasteiger partial charge in [0.2, 0.25) is 5.88 Å². The third kappa shape index (κ3) is 2.84. The smallest absolute Gasteiger partial charge is 0.267 e. The van der Waals surface area contributed by atoms with E-state index in [1.807, 2.05) is 13.8 Å². The number of pyridine rings is 1. The van der Waals surface area contributed by atoms with E-state index in [1.54, 1.807) is 0 Å². The molecule has 6 heteroatoms. The summed E-state index contributed by atoms with van der Waals surface area (Å²) in [6.07, 6.45) is 1.38. The molecule has 120 valence electrons. The fraction of sp³-hybridized carbons (Fsp3) is 0.294. The number of ether oxygens (including phenoxy) is 1. The van der Waals surface area contributed by atoms with Crippen LogP contribution in [0.15, 0.2) is 24.3 Å². The van der Waals surface area contributed by atoms with Crippen molar-refractivity contribution in [1.29, 1.82) is 0 Å². The van der Waals surface area contributed by atoms with Gasteiger partial charge >= 0.3 is 0 Å². The Morgan fingerprint density at radius 3 is 2.74 bits per heavy atom. The van der Waals surface area contributed by atoms with E-state index >= 15 is 0 Å². The Balaban J connectivity index is 2.23. The number of carbonyl (C=O) groups excluding carboxylic acids is 1. The molecule has 1 aromatic heterocycles. The summed E-state index contributed by atoms with van der Waals surface area (Å²) in [5.41, 5.74) is 6.45. The minimum Gasteiger partial charge on any atom is -0.508 e. The van der Waals surface area contributed by atoms with Crippen molar-refractivity contribution in [2.45, 2.75) is 32.3 Å². The zero-order valence-electron chi connectivity index (χ0n) is 12.9. The maximum Gasteiger partial charge on any atom is 0.267 e. The van der Waals surface area contributed by atoms with Gasteiger partial charge < -0.3 is 15.6 Å². The highest BCUT2D eigenvalue weighted by molar-refractivity contribution is 5.93. The molecular formula is C17H17FN2O3. The molecule has 1 aliphatic heterocycles. The van der Waals surface area contributed by atoms with E-state index in [1.165, 1.54) is 18.2 Å². The molecule has 0 unspecified atom stereocenters. The largest absolute Gasteiger partial charge is 0.508 e. The number of phenolic OH excluding ortho intramolecular Hbond substituents is 1. The monoisotopic (exact) mass is 316 g/mol. The van der Waals surface area contributed by atoms with Crippen molar-refractivity contribution in [2.75, 3.05) is 0 Å². The topological polar surface area (TPSA) is 85.4 Å². The molecule has 1 aliphatic rings. The average molecular weight is 316 g/mol. The molecule has 1 amide bonds. The highest BCUT2D eigenvalue weighted by atomic mass is 19.1. The summed E-state index contributed by atoms with van der Waals surface area (Å²) in [5, 5.41) is 9.38. The number of rotatable bonds is 2. The summed E-state index contributed by atoms with van der Waals surface area (Å²) in [6.45, 7) is 3.85. The fourth-order valence-corrected chi connectivity index (χ4v) is 2.70. The van der Waals surface area contributed by atoms with Crippen LogP contribution < -0.4 is 10.5 Å². The summed E-state index contributed by atoms with van der Waals surface area (Å²) in [7, 11) is 0. The van der Waals surface area contributed by atoms with Crippen LogP contribution in [0.2, 0.25) is 0 Å². The van der Waals surface area contributed by atoms with Gasteiger partial charge in [-0.3, -0.25) is 4.79 Å². The van der Waals surface area contributed by atoms with E-state index in [0.717, 1.165) is 18.1 Å². The van der Waals surface area contributed by atoms with Gasteiger partial charge in [0.25, 0.3) is 5.91 Å². The Morgan fingerprint density at radius 2 is 2.09 bits per heavy atom. The molecule has 2 heterocycles. The summed E-state index contributed by atoms with van der Waals surface area (Å²) in [6, 6.07) is 5.35. The first kappa shape index (κ1) is 15.3. The number of aromatic nitrogens is 1. The number of primary amides is 1. The molecule has 0 fully saturated rings. The number of hydrogen-bond acceptors (Lipinski definition) is 4. The van der Waals surface area contributed by atoms with Crippen LogP contribution in [0.1, 0.15) is 36.3 Å². The zero-order chi connectivity index (χ0) is 16.8. The van der Waals surface area contributed by atoms with Gasteiger partial charge in [-0.05, 0) is 50.5 Å². The lowest BCUT2D eigenvalue weighted by atomic mass is 9.90. The molecule has 3 rings (SSSR count). The van der Waals surface area contributed by atoms with E-state index in [2.05, 4.69) is 4.98 Å². The van der Waals surface area contributed by atoms with E-state index < -0.39 is 17.3 Å². The fourth-order valence-electron chi connectivity index (χ4n) is 2.70. The van der Waals surface area contributed by atoms with Gasteiger partial charge in [0.05, 0.1) is 0 Å². The Hall–Kier alpha value is -2.63. The Morgan fingerprint density at radius 1 is 1.35 bits per heavy atom. The number of nitrogens with two attached hydrogens (primary N) is 1. The number of phenols is 1. The summed E-state index contributed by atoms with van der Waals surface area (Å²) >= 11 is 0. The number of carbonyl (C=O) groups is 1. The van der Waals surface area contributed by atoms with Gasteiger partial charge in [-0.15, -0.1) is 0 Å². The predicted octanol–water partition coefficient (Wildman–Crippen LogP) is 2.80. The highest BCUT2D eigenvalue weighted by Crippen LogP contribution is 2.39. The first-order valence-electron chi connectivity index (χ1n) is 7.28. The van der Waals surface area contributed by atoms with Gasteiger partial charge in [-0.1, -0.05) is 0 Å². The molecule has 1 aromatic carbocycles. The number of amides is 1. The van der Waals surface area contributed by atoms with Crippen molar-refractivity contribution >= 4 is 5.91 Å². The maximum absolute atomic E-state index is 14.3. The molecule has 0 aliphatic carbocycles. The number of nitrogens with zero attached hydrogens (tertiary/aromatic N) is 1. The van der Waals surface area contributed by atoms with E-state index in [0.29, 0.717) is 17.9 Å². The molecule has 23 heavy (non-hydrogen) atoms. The molecule has 0 radical (unpaired) electrons. The third-order valence-electron chi connectivity index (χ3n) is 3.93. The molecule has 0 atom stereocenters. The predicted molar refractivity (Wildman–Crippen MR) is 82.8 cm³/mol. The van der Waals surface area contributed by atoms with Gasteiger partial charge in [-0.25, -0.2) is 9.37 Å². The van der Waals surface area contributed by atoms with Crippen molar-refractivity contribution in [2.24, 2.45) is 5.73 Å². The number of aromatic hydroxyl groups is 1. The lowest BCUT2D eigenvalue weighted by molar-refractivity contribution is 0.0774. The molecule has 0 saturated heterocycles. The van der Waals surface area contributed by atoms with Crippen LogP contribution in [0.5, 0.6) is 11.6 Å². The maximum atomic E-state index is 14.3. The Bertz CT molecular complexity index is 803. The Labute approximate surface area is 132 Å². The number of benzene rings is 1. The van der Waals surface area contributed by atoms with E-state index in [9.17, 15) is 14.3 Å². The van der Waals surface area contributed by atoms with Crippen LogP contribution in [0, 0.1) is 5.82 Å². The van der Waals surface area contributed by atoms with Crippen LogP contribution in [-0.2, 0) is 6.42 Å². The first-order chi connectivity index (χ1) is 10.8. The van der Waals surface area contributed by atoms with Crippen LogP contribution in [0.3, 0.4) is 0 Å². The second-order valence-corrected chi connectivity index (χ2v) is 6.23. The number of fused-ring (bicyclic) bond motifs is 1. The molecule has 5 nitrogen and oxygen atoms in total. The minimum atomic E-state index is -0.708. The van der Waals surface area contributed by atoms with Crippen molar-refractivity contribution in [3.8, 4) is 22.8 Å². The highest BCUT2D eigenvalue weighted by Gasteiger charge is 2.31. The van der Waals surface area contributed by atoms with Crippen molar-refractivity contribution < 1.29 is 19.0 Å². The normalized spacial score (nSPS) is 15.6. The molecule has 2 aromatic rings. The third-order valence-corrected chi connectivity index (χ3v) is 3.93. The standard InChI is InChI=1S/C17H17FN2O3/c1-17(2)6-5-11-12(10-4-3-9(21)7-13(10)18)8-14(15(19)22)20-16(11)23-17/h3-4,7-8,21H,5-6H2,1-2H3,(H2,19,22). The van der Waals surface area contributed by atoms with Crippen LogP contribution in [0.4, 0.5) is 4.39 Å². The molecule has 0 saturated carbocycles. The number of hydrogen-bond donors (Lipinski definition) is 2. The second-order valence-electron chi connectivity index (χ2n) is 6.23. The Kier molecular flexibility index (Phi) is 3.47. The summed E-state index contributed by atoms with van der Waals surface area (Å²) < 4.78 is 20.1. The zero-order valence-corrected chi connectivity index (χ0v) is 12.9. The van der Waals surface area contributed by atoms with Crippen molar-refractivity contribution in [1.82, 2.24) is 4.98 Å². The molecule has 0 bridgehead atoms. The van der Waals surface area contributed by atoms with E-state index in [4.69, 9.17) is 10.5 Å². The van der Waals surface area contributed by atoms with E-state index in [-0.39, 0.29) is 17.0 Å². The van der Waals surface area contributed by atoms with Gasteiger partial charge in [0.15, 0.2) is 0 Å². The summed E-state index contributed by atoms with van der Waals surface area (Å²) in [4.78, 5) is 15.7. The summed E-state index contributed by atoms with van der Waals surface area (Å²) in [5.74, 6) is -1.15. The van der Waals surface area contributed by atoms with Crippen LogP contribution in [-0.4, -0.2) is 21.6 Å². The molecule has 0 spiro atoms. The lowest BCUT2D eigenvalue weighted by Gasteiger charge is -2.32. The quantitative estimate of drug-likeness (QED) is 0.892. The van der Waals surface area contributed by atoms with Crippen molar-refractivity contribution in [3.05, 3.63) is 41.3 Å². The van der Waals surface area contributed by atoms with Crippen molar-refractivity contribution in [3.63, 3.8) is 0 Å². The minimum absolute atomic E-state index is 0.0175. The van der Waals surface area contributed by atoms with Gasteiger partial charge in [0.1, 0.15) is 22.9 Å². The first-order valence-corrected chi connectivity index (χ1v) is 7.28. The SMILES string of the molecule is CC1(C)CCc2c(-c3ccc(O)cc3F)cc(C(N)=O)nc2O1. The van der Waals surface area contributed by atoms with Crippen LogP contribution in [0.25, 0.3) is 11.1 Å². The average Bonchev–Trinajstić information content (AvgIpc) is 2.44. The molecular weight excluding hydrogens is 299 g/mol.